The Balaban J connectivity index is 2.26. The van der Waals surface area contributed by atoms with Gasteiger partial charge in [-0.05, 0) is 74.5 Å². The molecule has 1 heterocycles. The normalized spacial score (nSPS) is 18.9. The van der Waals surface area contributed by atoms with Gasteiger partial charge < -0.3 is 29.7 Å². The van der Waals surface area contributed by atoms with Crippen LogP contribution in [0, 0.1) is 17.8 Å². The molecule has 0 saturated carbocycles. The number of nitrogens with one attached hydrogen (secondary N) is 1. The maximum Gasteiger partial charge on any atom is 0.407 e. The van der Waals surface area contributed by atoms with Gasteiger partial charge in [0, 0.05) is 0 Å². The number of benzene rings is 1. The summed E-state index contributed by atoms with van der Waals surface area (Å²) in [6.07, 6.45) is -0.287. The predicted molar refractivity (Wildman–Crippen MR) is 148 cm³/mol. The van der Waals surface area contributed by atoms with Crippen molar-refractivity contribution in [1.82, 2.24) is 5.32 Å². The van der Waals surface area contributed by atoms with Gasteiger partial charge in [0.15, 0.2) is 0 Å². The molecule has 0 unspecified atom stereocenters. The number of carbonyl (C=O) groups is 2. The molecule has 0 radical (unpaired) electrons. The fourth-order valence-corrected chi connectivity index (χ4v) is 4.40. The van der Waals surface area contributed by atoms with Crippen molar-refractivity contribution in [1.29, 1.82) is 0 Å². The number of aliphatic hydroxyl groups excluding tert-OH is 1. The van der Waals surface area contributed by atoms with Crippen molar-refractivity contribution >= 4 is 12.1 Å². The molecule has 1 saturated heterocycles. The van der Waals surface area contributed by atoms with E-state index in [-0.39, 0.29) is 29.8 Å². The highest BCUT2D eigenvalue weighted by Crippen LogP contribution is 2.34. The molecule has 5 atom stereocenters. The first-order valence-electron chi connectivity index (χ1n) is 13.7. The second-order valence-corrected chi connectivity index (χ2v) is 13.1. The lowest BCUT2D eigenvalue weighted by molar-refractivity contribution is -0.142. The monoisotopic (exact) mass is 535 g/mol. The number of aliphatic hydroxyl groups is 1. The highest BCUT2D eigenvalue weighted by atomic mass is 16.6. The topological polar surface area (TPSA) is 118 Å². The molecule has 1 aliphatic rings. The highest BCUT2D eigenvalue weighted by molar-refractivity contribution is 5.70. The van der Waals surface area contributed by atoms with Gasteiger partial charge in [-0.25, -0.2) is 4.79 Å². The van der Waals surface area contributed by atoms with Crippen molar-refractivity contribution in [2.75, 3.05) is 13.2 Å². The van der Waals surface area contributed by atoms with Crippen molar-refractivity contribution < 1.29 is 34.0 Å². The summed E-state index contributed by atoms with van der Waals surface area (Å²) >= 11 is 0. The van der Waals surface area contributed by atoms with Crippen LogP contribution in [-0.2, 0) is 26.1 Å². The maximum atomic E-state index is 12.6. The SMILES string of the molecule is CC(C)[C@@H](Cc1ccc(C(C)(C)C)c(OC[C@@H]2CO2)c1)C[C@H](NC(=O)OC(C)(C)C)[C@@H](O)C[C@@H](C)C(=O)O. The van der Waals surface area contributed by atoms with Crippen molar-refractivity contribution in [3.05, 3.63) is 29.3 Å². The van der Waals surface area contributed by atoms with Gasteiger partial charge in [0.05, 0.1) is 24.7 Å². The van der Waals surface area contributed by atoms with Crippen LogP contribution in [-0.4, -0.2) is 59.3 Å². The fraction of sp³-hybridized carbons (Fsp3) is 0.733. The molecule has 0 spiro atoms. The van der Waals surface area contributed by atoms with Gasteiger partial charge in [0.1, 0.15) is 24.1 Å². The number of alkyl carbamates (subject to hydrolysis) is 1. The summed E-state index contributed by atoms with van der Waals surface area (Å²) in [4.78, 5) is 24.0. The van der Waals surface area contributed by atoms with Crippen LogP contribution in [0.15, 0.2) is 18.2 Å². The first-order chi connectivity index (χ1) is 17.5. The number of aliphatic carboxylic acids is 1. The minimum atomic E-state index is -1.03. The molecule has 2 rings (SSSR count). The van der Waals surface area contributed by atoms with Crippen molar-refractivity contribution in [3.63, 3.8) is 0 Å². The van der Waals surface area contributed by atoms with Gasteiger partial charge in [0.25, 0.3) is 0 Å². The molecule has 0 aromatic heterocycles. The van der Waals surface area contributed by atoms with Crippen molar-refractivity contribution in [2.24, 2.45) is 17.8 Å². The van der Waals surface area contributed by atoms with Gasteiger partial charge in [-0.1, -0.05) is 53.7 Å². The summed E-state index contributed by atoms with van der Waals surface area (Å²) in [6, 6.07) is 5.68. The van der Waals surface area contributed by atoms with Gasteiger partial charge in [0.2, 0.25) is 0 Å². The van der Waals surface area contributed by atoms with Crippen LogP contribution >= 0.6 is 0 Å². The molecule has 216 valence electrons. The number of carboxylic acids is 1. The van der Waals surface area contributed by atoms with E-state index in [2.05, 4.69) is 58.1 Å². The van der Waals surface area contributed by atoms with E-state index >= 15 is 0 Å². The summed E-state index contributed by atoms with van der Waals surface area (Å²) in [5.41, 5.74) is 1.46. The Labute approximate surface area is 228 Å². The summed E-state index contributed by atoms with van der Waals surface area (Å²) in [7, 11) is 0. The Morgan fingerprint density at radius 2 is 1.74 bits per heavy atom. The molecule has 8 nitrogen and oxygen atoms in total. The average molecular weight is 536 g/mol. The van der Waals surface area contributed by atoms with Crippen LogP contribution in [0.2, 0.25) is 0 Å². The molecule has 8 heteroatoms. The number of carbonyl (C=O) groups excluding carboxylic acids is 1. The van der Waals surface area contributed by atoms with Crippen LogP contribution in [0.3, 0.4) is 0 Å². The van der Waals surface area contributed by atoms with Crippen molar-refractivity contribution in [3.8, 4) is 5.75 Å². The van der Waals surface area contributed by atoms with Crippen LogP contribution in [0.1, 0.15) is 86.3 Å². The molecular formula is C30H49NO7. The summed E-state index contributed by atoms with van der Waals surface area (Å²) in [6.45, 7) is 18.8. The molecule has 1 fully saturated rings. The number of ether oxygens (including phenoxy) is 3. The number of hydrogen-bond acceptors (Lipinski definition) is 6. The third kappa shape index (κ3) is 10.8. The van der Waals surface area contributed by atoms with Gasteiger partial charge >= 0.3 is 12.1 Å². The predicted octanol–water partition coefficient (Wildman–Crippen LogP) is 5.33. The molecule has 1 aromatic carbocycles. The molecular weight excluding hydrogens is 486 g/mol. The number of amides is 1. The molecule has 3 N–H and O–H groups in total. The Bertz CT molecular complexity index is 928. The van der Waals surface area contributed by atoms with Crippen molar-refractivity contribution in [2.45, 2.75) is 111 Å². The Morgan fingerprint density at radius 3 is 2.24 bits per heavy atom. The molecule has 1 aliphatic heterocycles. The van der Waals surface area contributed by atoms with E-state index in [0.29, 0.717) is 19.4 Å². The summed E-state index contributed by atoms with van der Waals surface area (Å²) < 4.78 is 16.9. The third-order valence-corrected chi connectivity index (χ3v) is 6.86. The molecule has 1 aromatic rings. The molecule has 0 bridgehead atoms. The van der Waals surface area contributed by atoms with Gasteiger partial charge in [-0.2, -0.15) is 0 Å². The zero-order valence-corrected chi connectivity index (χ0v) is 24.7. The Hall–Kier alpha value is -2.32. The highest BCUT2D eigenvalue weighted by Gasteiger charge is 2.31. The van der Waals surface area contributed by atoms with E-state index in [9.17, 15) is 19.8 Å². The lowest BCUT2D eigenvalue weighted by Crippen LogP contribution is -2.47. The summed E-state index contributed by atoms with van der Waals surface area (Å²) in [5, 5.41) is 23.2. The van der Waals surface area contributed by atoms with Crippen LogP contribution in [0.25, 0.3) is 0 Å². The fourth-order valence-electron chi connectivity index (χ4n) is 4.40. The summed E-state index contributed by atoms with van der Waals surface area (Å²) in [5.74, 6) is -0.529. The second kappa shape index (κ2) is 13.2. The first-order valence-corrected chi connectivity index (χ1v) is 13.7. The van der Waals surface area contributed by atoms with E-state index in [1.165, 1.54) is 0 Å². The van der Waals surface area contributed by atoms with Crippen LogP contribution in [0.4, 0.5) is 4.79 Å². The molecule has 38 heavy (non-hydrogen) atoms. The van der Waals surface area contributed by atoms with Gasteiger partial charge in [-0.15, -0.1) is 0 Å². The Morgan fingerprint density at radius 1 is 1.11 bits per heavy atom. The van der Waals surface area contributed by atoms with Crippen LogP contribution in [0.5, 0.6) is 5.75 Å². The number of epoxide rings is 1. The zero-order valence-electron chi connectivity index (χ0n) is 24.7. The average Bonchev–Trinajstić information content (AvgIpc) is 3.59. The van der Waals surface area contributed by atoms with Crippen LogP contribution < -0.4 is 10.1 Å². The second-order valence-electron chi connectivity index (χ2n) is 13.1. The number of hydrogen-bond donors (Lipinski definition) is 3. The largest absolute Gasteiger partial charge is 0.490 e. The van der Waals surface area contributed by atoms with E-state index in [4.69, 9.17) is 14.2 Å². The van der Waals surface area contributed by atoms with E-state index in [0.717, 1.165) is 23.5 Å². The quantitative estimate of drug-likeness (QED) is 0.292. The third-order valence-electron chi connectivity index (χ3n) is 6.86. The number of rotatable bonds is 13. The standard InChI is InChI=1S/C30H49NO7/c1-18(2)21(13-20-10-11-23(29(4,5)6)26(14-20)37-17-22-16-36-22)15-24(25(32)12-19(3)27(33)34)31-28(35)38-30(7,8)9/h10-11,14,18-19,21-22,24-25,32H,12-13,15-17H2,1-9H3,(H,31,35)(H,33,34)/t19-,21+,22+,24+,25+/m1/s1. The van der Waals surface area contributed by atoms with E-state index in [1.807, 2.05) is 0 Å². The Kier molecular flexibility index (Phi) is 11.0. The molecule has 1 amide bonds. The van der Waals surface area contributed by atoms with E-state index < -0.39 is 35.7 Å². The molecule has 0 aliphatic carbocycles. The smallest absolute Gasteiger partial charge is 0.407 e. The van der Waals surface area contributed by atoms with E-state index in [1.54, 1.807) is 27.7 Å². The lowest BCUT2D eigenvalue weighted by atomic mass is 9.80. The van der Waals surface area contributed by atoms with Gasteiger partial charge in [-0.3, -0.25) is 4.79 Å². The minimum Gasteiger partial charge on any atom is -0.490 e. The first kappa shape index (κ1) is 31.9. The lowest BCUT2D eigenvalue weighted by Gasteiger charge is -2.32. The zero-order chi connectivity index (χ0) is 28.8. The minimum absolute atomic E-state index is 0.0299. The maximum absolute atomic E-state index is 12.6. The number of carboxylic acid groups (broad SMARTS) is 1.